The molecule has 7 heteroatoms. The van der Waals surface area contributed by atoms with Crippen LogP contribution in [0.25, 0.3) is 0 Å². The number of nitrogens with one attached hydrogen (secondary N) is 2. The number of halogens is 2. The van der Waals surface area contributed by atoms with Gasteiger partial charge in [0.2, 0.25) is 5.91 Å². The molecule has 1 aromatic rings. The summed E-state index contributed by atoms with van der Waals surface area (Å²) in [5, 5.41) is 8.88. The van der Waals surface area contributed by atoms with Crippen molar-refractivity contribution in [3.8, 4) is 0 Å². The van der Waals surface area contributed by atoms with E-state index < -0.39 is 0 Å². The number of carbonyl (C=O) groups is 1. The van der Waals surface area contributed by atoms with Crippen LogP contribution in [-0.4, -0.2) is 24.5 Å². The number of thiazole rings is 1. The van der Waals surface area contributed by atoms with Gasteiger partial charge in [0.15, 0.2) is 0 Å². The third-order valence-electron chi connectivity index (χ3n) is 2.25. The standard InChI is InChI=1S/C11H19N3OS.2ClH/c1-11(2,10-13-7-8-16-10)14-9(15)5-4-6-12-3;;/h7-8,12H,4-6H2,1-3H3,(H,14,15);2*1H. The van der Waals surface area contributed by atoms with Crippen LogP contribution in [0.4, 0.5) is 0 Å². The zero-order valence-electron chi connectivity index (χ0n) is 10.9. The predicted octanol–water partition coefficient (Wildman–Crippen LogP) is 2.34. The van der Waals surface area contributed by atoms with Gasteiger partial charge in [0.25, 0.3) is 0 Å². The molecule has 0 fully saturated rings. The van der Waals surface area contributed by atoms with Crippen molar-refractivity contribution in [1.82, 2.24) is 15.6 Å². The Hall–Kier alpha value is -0.360. The zero-order chi connectivity index (χ0) is 12.0. The average Bonchev–Trinajstić information content (AvgIpc) is 2.70. The van der Waals surface area contributed by atoms with Crippen molar-refractivity contribution < 1.29 is 4.79 Å². The van der Waals surface area contributed by atoms with E-state index >= 15 is 0 Å². The molecule has 0 aliphatic rings. The molecular weight excluding hydrogens is 293 g/mol. The monoisotopic (exact) mass is 313 g/mol. The Morgan fingerprint density at radius 1 is 1.44 bits per heavy atom. The molecule has 0 spiro atoms. The lowest BCUT2D eigenvalue weighted by Crippen LogP contribution is -2.41. The summed E-state index contributed by atoms with van der Waals surface area (Å²) >= 11 is 1.56. The maximum Gasteiger partial charge on any atom is 0.220 e. The minimum Gasteiger partial charge on any atom is -0.345 e. The van der Waals surface area contributed by atoms with Crippen LogP contribution < -0.4 is 10.6 Å². The van der Waals surface area contributed by atoms with Crippen LogP contribution in [0.1, 0.15) is 31.7 Å². The maximum absolute atomic E-state index is 11.7. The van der Waals surface area contributed by atoms with Crippen molar-refractivity contribution in [1.29, 1.82) is 0 Å². The van der Waals surface area contributed by atoms with Crippen molar-refractivity contribution in [3.63, 3.8) is 0 Å². The molecule has 1 amide bonds. The molecule has 0 aromatic carbocycles. The zero-order valence-corrected chi connectivity index (χ0v) is 13.3. The summed E-state index contributed by atoms with van der Waals surface area (Å²) in [5.74, 6) is 0.0791. The second kappa shape index (κ2) is 9.55. The number of nitrogens with zero attached hydrogens (tertiary/aromatic N) is 1. The summed E-state index contributed by atoms with van der Waals surface area (Å²) in [6.45, 7) is 4.81. The molecule has 0 saturated heterocycles. The Kier molecular flexibility index (Phi) is 10.6. The van der Waals surface area contributed by atoms with Crippen molar-refractivity contribution in [2.75, 3.05) is 13.6 Å². The Morgan fingerprint density at radius 2 is 2.11 bits per heavy atom. The molecule has 2 N–H and O–H groups in total. The van der Waals surface area contributed by atoms with Gasteiger partial charge in [0.1, 0.15) is 5.01 Å². The average molecular weight is 314 g/mol. The lowest BCUT2D eigenvalue weighted by Gasteiger charge is -2.23. The number of hydrogen-bond donors (Lipinski definition) is 2. The number of hydrogen-bond acceptors (Lipinski definition) is 4. The molecule has 0 bridgehead atoms. The van der Waals surface area contributed by atoms with Crippen molar-refractivity contribution in [2.45, 2.75) is 32.2 Å². The minimum absolute atomic E-state index is 0. The van der Waals surface area contributed by atoms with Crippen molar-refractivity contribution in [3.05, 3.63) is 16.6 Å². The van der Waals surface area contributed by atoms with Gasteiger partial charge < -0.3 is 10.6 Å². The topological polar surface area (TPSA) is 54.0 Å². The van der Waals surface area contributed by atoms with Crippen LogP contribution in [0.15, 0.2) is 11.6 Å². The third-order valence-corrected chi connectivity index (χ3v) is 3.35. The Morgan fingerprint density at radius 3 is 2.61 bits per heavy atom. The second-order valence-corrected chi connectivity index (χ2v) is 5.11. The highest BCUT2D eigenvalue weighted by atomic mass is 35.5. The van der Waals surface area contributed by atoms with E-state index in [1.807, 2.05) is 26.3 Å². The number of rotatable bonds is 6. The van der Waals surface area contributed by atoms with Gasteiger partial charge in [-0.25, -0.2) is 4.98 Å². The first-order chi connectivity index (χ1) is 7.56. The highest BCUT2D eigenvalue weighted by Gasteiger charge is 2.24. The molecule has 1 heterocycles. The van der Waals surface area contributed by atoms with Crippen molar-refractivity contribution >= 4 is 42.1 Å². The highest BCUT2D eigenvalue weighted by molar-refractivity contribution is 7.09. The first-order valence-electron chi connectivity index (χ1n) is 5.42. The molecule has 0 atom stereocenters. The summed E-state index contributed by atoms with van der Waals surface area (Å²) in [5.41, 5.74) is -0.370. The lowest BCUT2D eigenvalue weighted by atomic mass is 10.1. The maximum atomic E-state index is 11.7. The summed E-state index contributed by atoms with van der Waals surface area (Å²) in [7, 11) is 1.89. The number of amides is 1. The second-order valence-electron chi connectivity index (χ2n) is 4.22. The fourth-order valence-corrected chi connectivity index (χ4v) is 2.14. The molecule has 0 aliphatic carbocycles. The lowest BCUT2D eigenvalue weighted by molar-refractivity contribution is -0.122. The van der Waals surface area contributed by atoms with Crippen LogP contribution in [0, 0.1) is 0 Å². The normalized spacial score (nSPS) is 10.2. The molecule has 0 saturated carbocycles. The minimum atomic E-state index is -0.370. The van der Waals surface area contributed by atoms with E-state index in [2.05, 4.69) is 15.6 Å². The van der Waals surface area contributed by atoms with Crippen LogP contribution >= 0.6 is 36.2 Å². The molecule has 18 heavy (non-hydrogen) atoms. The highest BCUT2D eigenvalue weighted by Crippen LogP contribution is 2.21. The van der Waals surface area contributed by atoms with Gasteiger partial charge in [0.05, 0.1) is 5.54 Å². The van der Waals surface area contributed by atoms with Gasteiger partial charge >= 0.3 is 0 Å². The van der Waals surface area contributed by atoms with Gasteiger partial charge in [-0.2, -0.15) is 0 Å². The summed E-state index contributed by atoms with van der Waals surface area (Å²) in [6.07, 6.45) is 3.17. The number of aromatic nitrogens is 1. The first kappa shape index (κ1) is 20.0. The fourth-order valence-electron chi connectivity index (χ4n) is 1.42. The largest absolute Gasteiger partial charge is 0.345 e. The van der Waals surface area contributed by atoms with E-state index in [1.165, 1.54) is 0 Å². The van der Waals surface area contributed by atoms with Crippen LogP contribution in [0.5, 0.6) is 0 Å². The molecule has 4 nitrogen and oxygen atoms in total. The molecule has 0 radical (unpaired) electrons. The smallest absolute Gasteiger partial charge is 0.220 e. The first-order valence-corrected chi connectivity index (χ1v) is 6.30. The van der Waals surface area contributed by atoms with Gasteiger partial charge in [-0.15, -0.1) is 36.2 Å². The van der Waals surface area contributed by atoms with Crippen LogP contribution in [0.2, 0.25) is 0 Å². The summed E-state index contributed by atoms with van der Waals surface area (Å²) in [6, 6.07) is 0. The third kappa shape index (κ3) is 6.54. The molecule has 0 aliphatic heterocycles. The predicted molar refractivity (Wildman–Crippen MR) is 80.9 cm³/mol. The van der Waals surface area contributed by atoms with E-state index in [4.69, 9.17) is 0 Å². The SMILES string of the molecule is CNCCCC(=O)NC(C)(C)c1nccs1.Cl.Cl. The summed E-state index contributed by atoms with van der Waals surface area (Å²) < 4.78 is 0. The van der Waals surface area contributed by atoms with E-state index in [0.29, 0.717) is 6.42 Å². The Bertz CT molecular complexity index is 331. The molecule has 0 unspecified atom stereocenters. The van der Waals surface area contributed by atoms with E-state index in [-0.39, 0.29) is 36.3 Å². The molecule has 1 aromatic heterocycles. The van der Waals surface area contributed by atoms with Gasteiger partial charge in [0, 0.05) is 18.0 Å². The summed E-state index contributed by atoms with van der Waals surface area (Å²) in [4.78, 5) is 15.9. The van der Waals surface area contributed by atoms with E-state index in [1.54, 1.807) is 17.5 Å². The van der Waals surface area contributed by atoms with E-state index in [0.717, 1.165) is 18.0 Å². The number of carbonyl (C=O) groups excluding carboxylic acids is 1. The quantitative estimate of drug-likeness (QED) is 0.793. The van der Waals surface area contributed by atoms with Crippen molar-refractivity contribution in [2.24, 2.45) is 0 Å². The van der Waals surface area contributed by atoms with E-state index in [9.17, 15) is 4.79 Å². The van der Waals surface area contributed by atoms with Gasteiger partial charge in [-0.1, -0.05) is 0 Å². The Balaban J connectivity index is 0. The van der Waals surface area contributed by atoms with Gasteiger partial charge in [-0.05, 0) is 33.9 Å². The fraction of sp³-hybridized carbons (Fsp3) is 0.636. The van der Waals surface area contributed by atoms with Crippen LogP contribution in [-0.2, 0) is 10.3 Å². The molecular formula is C11H21Cl2N3OS. The van der Waals surface area contributed by atoms with Crippen LogP contribution in [0.3, 0.4) is 0 Å². The van der Waals surface area contributed by atoms with Gasteiger partial charge in [-0.3, -0.25) is 4.79 Å². The molecule has 106 valence electrons. The molecule has 1 rings (SSSR count). The Labute approximate surface area is 125 Å².